The maximum Gasteiger partial charge on any atom is 0.416 e. The van der Waals surface area contributed by atoms with E-state index in [9.17, 15) is 27.9 Å². The van der Waals surface area contributed by atoms with Gasteiger partial charge in [0.05, 0.1) is 28.8 Å². The normalized spacial score (nSPS) is 18.4. The Morgan fingerprint density at radius 2 is 1.81 bits per heavy atom. The van der Waals surface area contributed by atoms with E-state index in [1.165, 1.54) is 24.3 Å². The van der Waals surface area contributed by atoms with Gasteiger partial charge in [0.1, 0.15) is 5.76 Å². The Morgan fingerprint density at radius 3 is 2.42 bits per heavy atom. The molecule has 1 saturated heterocycles. The average molecular weight is 499 g/mol. The summed E-state index contributed by atoms with van der Waals surface area (Å²) in [6.07, 6.45) is -2.90. The molecular formula is C26H24F3N3O4. The lowest BCUT2D eigenvalue weighted by Crippen LogP contribution is -2.41. The van der Waals surface area contributed by atoms with Gasteiger partial charge in [-0.25, -0.2) is 4.79 Å². The highest BCUT2D eigenvalue weighted by molar-refractivity contribution is 6.00. The number of hydrogen-bond acceptors (Lipinski definition) is 5. The molecular weight excluding hydrogens is 475 g/mol. The first-order valence-electron chi connectivity index (χ1n) is 11.4. The van der Waals surface area contributed by atoms with Crippen molar-refractivity contribution in [2.75, 3.05) is 18.5 Å². The second kappa shape index (κ2) is 10.0. The number of urea groups is 1. The molecule has 0 radical (unpaired) electrons. The first kappa shape index (κ1) is 25.3. The number of carbonyl (C=O) groups excluding carboxylic acids is 2. The molecule has 7 nitrogen and oxygen atoms in total. The van der Waals surface area contributed by atoms with E-state index in [-0.39, 0.29) is 35.6 Å². The van der Waals surface area contributed by atoms with Gasteiger partial charge < -0.3 is 20.5 Å². The van der Waals surface area contributed by atoms with Crippen LogP contribution in [0.1, 0.15) is 48.4 Å². The Balaban J connectivity index is 1.63. The van der Waals surface area contributed by atoms with Gasteiger partial charge in [0.25, 0.3) is 0 Å². The maximum absolute atomic E-state index is 13.3. The van der Waals surface area contributed by atoms with Crippen molar-refractivity contribution in [1.82, 2.24) is 5.32 Å². The molecule has 0 saturated carbocycles. The number of nitrogens with zero attached hydrogens (tertiary/aromatic N) is 1. The van der Waals surface area contributed by atoms with E-state index in [4.69, 9.17) is 10.00 Å². The summed E-state index contributed by atoms with van der Waals surface area (Å²) in [4.78, 5) is 26.1. The fourth-order valence-electron chi connectivity index (χ4n) is 4.74. The van der Waals surface area contributed by atoms with Crippen LogP contribution in [-0.2, 0) is 15.7 Å². The average Bonchev–Trinajstić information content (AvgIpc) is 2.83. The number of rotatable bonds is 4. The van der Waals surface area contributed by atoms with Crippen molar-refractivity contribution in [2.45, 2.75) is 37.9 Å². The van der Waals surface area contributed by atoms with Gasteiger partial charge in [-0.15, -0.1) is 0 Å². The number of aliphatic hydroxyl groups is 1. The first-order chi connectivity index (χ1) is 17.1. The Kier molecular flexibility index (Phi) is 7.04. The molecule has 188 valence electrons. The number of nitrogens with one attached hydrogen (secondary N) is 2. The summed E-state index contributed by atoms with van der Waals surface area (Å²) >= 11 is 0. The molecule has 1 aliphatic carbocycles. The number of nitriles is 1. The topological polar surface area (TPSA) is 111 Å². The van der Waals surface area contributed by atoms with Crippen LogP contribution in [0.5, 0.6) is 0 Å². The number of hydrogen-bond donors (Lipinski definition) is 3. The zero-order valence-corrected chi connectivity index (χ0v) is 19.2. The van der Waals surface area contributed by atoms with Crippen LogP contribution < -0.4 is 10.6 Å². The van der Waals surface area contributed by atoms with E-state index in [1.807, 2.05) is 6.07 Å². The van der Waals surface area contributed by atoms with Gasteiger partial charge in [0.15, 0.2) is 5.78 Å². The Bertz CT molecular complexity index is 1230. The summed E-state index contributed by atoms with van der Waals surface area (Å²) in [5.41, 5.74) is -0.593. The number of benzene rings is 2. The fourth-order valence-corrected chi connectivity index (χ4v) is 4.74. The van der Waals surface area contributed by atoms with Gasteiger partial charge in [-0.3, -0.25) is 4.79 Å². The summed E-state index contributed by atoms with van der Waals surface area (Å²) in [6.45, 7) is 0.985. The molecule has 1 heterocycles. The standard InChI is InChI=1S/C26H24F3N3O4/c27-26(28,29)18-2-1-3-19(12-18)31-24(35)32-23(17-6-4-16(15-30)5-7-17)22-20(33)13-25(14-21(22)34)8-10-36-11-9-25/h1-7,12,23,33H,8-11,13-14H2,(H2,31,32,35). The summed E-state index contributed by atoms with van der Waals surface area (Å²) < 4.78 is 44.5. The van der Waals surface area contributed by atoms with E-state index in [1.54, 1.807) is 12.1 Å². The number of carbonyl (C=O) groups is 2. The summed E-state index contributed by atoms with van der Waals surface area (Å²) in [5, 5.41) is 25.1. The monoisotopic (exact) mass is 499 g/mol. The molecule has 1 spiro atoms. The molecule has 0 bridgehead atoms. The van der Waals surface area contributed by atoms with Gasteiger partial charge >= 0.3 is 12.2 Å². The molecule has 0 aromatic heterocycles. The number of aliphatic hydroxyl groups excluding tert-OH is 1. The molecule has 1 aliphatic heterocycles. The largest absolute Gasteiger partial charge is 0.512 e. The van der Waals surface area contributed by atoms with E-state index in [0.29, 0.717) is 37.2 Å². The summed E-state index contributed by atoms with van der Waals surface area (Å²) in [5.74, 6) is -0.462. The smallest absolute Gasteiger partial charge is 0.416 e. The highest BCUT2D eigenvalue weighted by Crippen LogP contribution is 2.46. The Hall–Kier alpha value is -3.84. The molecule has 2 aliphatic rings. The van der Waals surface area contributed by atoms with Crippen molar-refractivity contribution in [3.8, 4) is 6.07 Å². The third kappa shape index (κ3) is 5.52. The van der Waals surface area contributed by atoms with Gasteiger partial charge in [0, 0.05) is 31.7 Å². The third-order valence-corrected chi connectivity index (χ3v) is 6.63. The number of anilines is 1. The second-order valence-corrected chi connectivity index (χ2v) is 9.09. The van der Waals surface area contributed by atoms with Crippen LogP contribution >= 0.6 is 0 Å². The Labute approximate surface area is 205 Å². The third-order valence-electron chi connectivity index (χ3n) is 6.63. The SMILES string of the molecule is N#Cc1ccc(C(NC(=O)Nc2cccc(C(F)(F)F)c2)C2=C(O)CC3(CCOCC3)CC2=O)cc1. The highest BCUT2D eigenvalue weighted by Gasteiger charge is 2.43. The number of Topliss-reactive ketones (excluding diaryl/α,β-unsaturated/α-hetero) is 1. The van der Waals surface area contributed by atoms with E-state index in [0.717, 1.165) is 12.1 Å². The van der Waals surface area contributed by atoms with Crippen LogP contribution in [0.2, 0.25) is 0 Å². The molecule has 1 unspecified atom stereocenters. The quantitative estimate of drug-likeness (QED) is 0.521. The van der Waals surface area contributed by atoms with Gasteiger partial charge in [0.2, 0.25) is 0 Å². The zero-order valence-electron chi connectivity index (χ0n) is 19.2. The molecule has 4 rings (SSSR count). The van der Waals surface area contributed by atoms with Crippen molar-refractivity contribution < 1.29 is 32.6 Å². The molecule has 36 heavy (non-hydrogen) atoms. The lowest BCUT2D eigenvalue weighted by Gasteiger charge is -2.40. The molecule has 10 heteroatoms. The minimum Gasteiger partial charge on any atom is -0.512 e. The fraction of sp³-hybridized carbons (Fsp3) is 0.346. The number of ketones is 1. The maximum atomic E-state index is 13.3. The van der Waals surface area contributed by atoms with Crippen LogP contribution in [0.15, 0.2) is 59.9 Å². The molecule has 1 fully saturated rings. The highest BCUT2D eigenvalue weighted by atomic mass is 19.4. The molecule has 3 N–H and O–H groups in total. The molecule has 2 aromatic rings. The summed E-state index contributed by atoms with van der Waals surface area (Å²) in [6, 6.07) is 10.4. The predicted octanol–water partition coefficient (Wildman–Crippen LogP) is 5.41. The van der Waals surface area contributed by atoms with Crippen molar-refractivity contribution in [2.24, 2.45) is 5.41 Å². The van der Waals surface area contributed by atoms with Crippen molar-refractivity contribution in [3.05, 3.63) is 76.6 Å². The number of alkyl halides is 3. The minimum atomic E-state index is -4.58. The van der Waals surface area contributed by atoms with Crippen LogP contribution in [0.4, 0.5) is 23.7 Å². The van der Waals surface area contributed by atoms with Crippen molar-refractivity contribution in [3.63, 3.8) is 0 Å². The lowest BCUT2D eigenvalue weighted by molar-refractivity contribution is -0.137. The van der Waals surface area contributed by atoms with Crippen molar-refractivity contribution >= 4 is 17.5 Å². The van der Waals surface area contributed by atoms with E-state index in [2.05, 4.69) is 10.6 Å². The van der Waals surface area contributed by atoms with Crippen molar-refractivity contribution in [1.29, 1.82) is 5.26 Å². The van der Waals surface area contributed by atoms with E-state index >= 15 is 0 Å². The van der Waals surface area contributed by atoms with Crippen LogP contribution in [0, 0.1) is 16.7 Å². The van der Waals surface area contributed by atoms with Gasteiger partial charge in [-0.1, -0.05) is 18.2 Å². The predicted molar refractivity (Wildman–Crippen MR) is 124 cm³/mol. The van der Waals surface area contributed by atoms with Gasteiger partial charge in [-0.05, 0) is 54.2 Å². The molecule has 2 aromatic carbocycles. The summed E-state index contributed by atoms with van der Waals surface area (Å²) in [7, 11) is 0. The lowest BCUT2D eigenvalue weighted by atomic mass is 9.67. The van der Waals surface area contributed by atoms with E-state index < -0.39 is 29.2 Å². The second-order valence-electron chi connectivity index (χ2n) is 9.09. The minimum absolute atomic E-state index is 0.0241. The number of allylic oxidation sites excluding steroid dienone is 1. The number of ether oxygens (including phenoxy) is 1. The van der Waals surface area contributed by atoms with Crippen LogP contribution in [0.3, 0.4) is 0 Å². The molecule has 2 amide bonds. The van der Waals surface area contributed by atoms with Gasteiger partial charge in [-0.2, -0.15) is 18.4 Å². The molecule has 1 atom stereocenters. The van der Waals surface area contributed by atoms with Crippen LogP contribution in [0.25, 0.3) is 0 Å². The number of halogens is 3. The zero-order chi connectivity index (χ0) is 25.9. The van der Waals surface area contributed by atoms with Crippen LogP contribution in [-0.4, -0.2) is 30.1 Å². The Morgan fingerprint density at radius 1 is 1.11 bits per heavy atom. The number of amides is 2. The first-order valence-corrected chi connectivity index (χ1v) is 11.4.